The highest BCUT2D eigenvalue weighted by molar-refractivity contribution is 5.92. The molecule has 1 heterocycles. The molecular weight excluding hydrogens is 478 g/mol. The number of hydrogen-bond donors (Lipinski definition) is 1. The number of nitrogens with one attached hydrogen (secondary N) is 1. The summed E-state index contributed by atoms with van der Waals surface area (Å²) < 4.78 is 5.74. The van der Waals surface area contributed by atoms with Gasteiger partial charge < -0.3 is 19.5 Å². The molecule has 4 rings (SSSR count). The van der Waals surface area contributed by atoms with E-state index in [0.29, 0.717) is 35.3 Å². The molecule has 0 saturated heterocycles. The molecule has 0 bridgehead atoms. The van der Waals surface area contributed by atoms with Crippen LogP contribution in [0.2, 0.25) is 0 Å². The number of para-hydroxylation sites is 1. The molecule has 0 fully saturated rings. The molecule has 0 saturated carbocycles. The molecule has 3 aromatic carbocycles. The highest BCUT2D eigenvalue weighted by atomic mass is 16.3. The quantitative estimate of drug-likeness (QED) is 0.285. The number of unbranched alkanes of at least 4 members (excludes halogenated alkanes) is 1. The number of rotatable bonds is 10. The molecule has 1 aromatic heterocycles. The average molecular weight is 512 g/mol. The molecule has 0 aliphatic heterocycles. The van der Waals surface area contributed by atoms with Crippen molar-refractivity contribution < 1.29 is 14.0 Å². The Labute approximate surface area is 222 Å². The van der Waals surface area contributed by atoms with E-state index >= 15 is 0 Å². The fourth-order valence-electron chi connectivity index (χ4n) is 4.22. The Morgan fingerprint density at radius 1 is 0.895 bits per heavy atom. The van der Waals surface area contributed by atoms with E-state index in [9.17, 15) is 14.4 Å². The van der Waals surface area contributed by atoms with Crippen LogP contribution in [-0.4, -0.2) is 34.8 Å². The van der Waals surface area contributed by atoms with Crippen LogP contribution in [0, 0.1) is 6.92 Å². The van der Waals surface area contributed by atoms with E-state index in [0.717, 1.165) is 24.0 Å². The van der Waals surface area contributed by atoms with E-state index in [1.807, 2.05) is 68.4 Å². The van der Waals surface area contributed by atoms with Crippen molar-refractivity contribution in [1.82, 2.24) is 9.80 Å². The second-order valence-corrected chi connectivity index (χ2v) is 9.40. The molecule has 7 heteroatoms. The summed E-state index contributed by atoms with van der Waals surface area (Å²) in [5.41, 5.74) is 3.28. The van der Waals surface area contributed by atoms with Gasteiger partial charge >= 0.3 is 6.03 Å². The third kappa shape index (κ3) is 6.88. The minimum Gasteiger partial charge on any atom is -0.464 e. The van der Waals surface area contributed by atoms with Crippen molar-refractivity contribution in [1.29, 1.82) is 0 Å². The predicted molar refractivity (Wildman–Crippen MR) is 150 cm³/mol. The maximum absolute atomic E-state index is 13.7. The number of hydrogen-bond acceptors (Lipinski definition) is 4. The first-order valence-corrected chi connectivity index (χ1v) is 12.9. The van der Waals surface area contributed by atoms with Crippen molar-refractivity contribution in [2.45, 2.75) is 39.8 Å². The zero-order valence-electron chi connectivity index (χ0n) is 21.9. The molecule has 1 N–H and O–H groups in total. The Morgan fingerprint density at radius 3 is 2.32 bits per heavy atom. The lowest BCUT2D eigenvalue weighted by atomic mass is 10.1. The van der Waals surface area contributed by atoms with Gasteiger partial charge in [0.2, 0.25) is 5.91 Å². The Hall–Kier alpha value is -4.39. The maximum atomic E-state index is 13.7. The molecule has 0 spiro atoms. The summed E-state index contributed by atoms with van der Waals surface area (Å²) in [5, 5.41) is 3.37. The van der Waals surface area contributed by atoms with Crippen molar-refractivity contribution in [3.8, 4) is 0 Å². The molecule has 196 valence electrons. The third-order valence-electron chi connectivity index (χ3n) is 6.35. The SMILES string of the molecule is CCCCN(CC(=O)N(Cc1ccccc1)Cc1coc2ccc(C)cc2c1=O)C(=O)Nc1ccccc1. The fourth-order valence-corrected chi connectivity index (χ4v) is 4.22. The van der Waals surface area contributed by atoms with Gasteiger partial charge in [-0.1, -0.05) is 73.5 Å². The topological polar surface area (TPSA) is 82.9 Å². The van der Waals surface area contributed by atoms with Crippen LogP contribution in [0.15, 0.2) is 94.3 Å². The van der Waals surface area contributed by atoms with Crippen LogP contribution in [0.25, 0.3) is 11.0 Å². The van der Waals surface area contributed by atoms with Crippen LogP contribution < -0.4 is 10.7 Å². The van der Waals surface area contributed by atoms with Gasteiger partial charge in [-0.3, -0.25) is 9.59 Å². The van der Waals surface area contributed by atoms with Crippen LogP contribution in [0.5, 0.6) is 0 Å². The first kappa shape index (κ1) is 26.7. The smallest absolute Gasteiger partial charge is 0.322 e. The minimum atomic E-state index is -0.335. The summed E-state index contributed by atoms with van der Waals surface area (Å²) in [6, 6.07) is 23.9. The number of urea groups is 1. The summed E-state index contributed by atoms with van der Waals surface area (Å²) in [6.45, 7) is 4.66. The molecule has 0 aliphatic rings. The minimum absolute atomic E-state index is 0.0713. The number of nitrogens with zero attached hydrogens (tertiary/aromatic N) is 2. The predicted octanol–water partition coefficient (Wildman–Crippen LogP) is 5.96. The molecule has 4 aromatic rings. The Morgan fingerprint density at radius 2 is 1.61 bits per heavy atom. The van der Waals surface area contributed by atoms with Gasteiger partial charge in [0, 0.05) is 18.8 Å². The van der Waals surface area contributed by atoms with Gasteiger partial charge in [-0.15, -0.1) is 0 Å². The number of amides is 3. The van der Waals surface area contributed by atoms with E-state index in [4.69, 9.17) is 4.42 Å². The number of carbonyl (C=O) groups excluding carboxylic acids is 2. The first-order chi connectivity index (χ1) is 18.4. The lowest BCUT2D eigenvalue weighted by Crippen LogP contribution is -2.44. The van der Waals surface area contributed by atoms with Crippen LogP contribution >= 0.6 is 0 Å². The Balaban J connectivity index is 1.59. The second-order valence-electron chi connectivity index (χ2n) is 9.40. The number of carbonyl (C=O) groups is 2. The molecule has 7 nitrogen and oxygen atoms in total. The van der Waals surface area contributed by atoms with Gasteiger partial charge in [0.1, 0.15) is 12.1 Å². The summed E-state index contributed by atoms with van der Waals surface area (Å²) in [6.07, 6.45) is 3.08. The number of anilines is 1. The Bertz CT molecular complexity index is 1430. The zero-order valence-corrected chi connectivity index (χ0v) is 21.9. The largest absolute Gasteiger partial charge is 0.464 e. The highest BCUT2D eigenvalue weighted by Crippen LogP contribution is 2.16. The molecule has 0 radical (unpaired) electrons. The van der Waals surface area contributed by atoms with E-state index in [-0.39, 0.29) is 30.5 Å². The number of fused-ring (bicyclic) bond motifs is 1. The van der Waals surface area contributed by atoms with Gasteiger partial charge in [0.05, 0.1) is 23.8 Å². The lowest BCUT2D eigenvalue weighted by molar-refractivity contribution is -0.133. The maximum Gasteiger partial charge on any atom is 0.322 e. The van der Waals surface area contributed by atoms with Gasteiger partial charge in [-0.2, -0.15) is 0 Å². The van der Waals surface area contributed by atoms with Gasteiger partial charge in [-0.25, -0.2) is 4.79 Å². The van der Waals surface area contributed by atoms with Crippen molar-refractivity contribution in [2.24, 2.45) is 0 Å². The van der Waals surface area contributed by atoms with Crippen LogP contribution in [0.3, 0.4) is 0 Å². The van der Waals surface area contributed by atoms with Crippen molar-refractivity contribution in [2.75, 3.05) is 18.4 Å². The molecule has 0 aliphatic carbocycles. The van der Waals surface area contributed by atoms with E-state index < -0.39 is 0 Å². The van der Waals surface area contributed by atoms with E-state index in [1.165, 1.54) is 11.2 Å². The van der Waals surface area contributed by atoms with Gasteiger partial charge in [0.25, 0.3) is 0 Å². The fraction of sp³-hybridized carbons (Fsp3) is 0.258. The van der Waals surface area contributed by atoms with E-state index in [1.54, 1.807) is 29.2 Å². The van der Waals surface area contributed by atoms with Gasteiger partial charge in [-0.05, 0) is 43.2 Å². The van der Waals surface area contributed by atoms with Crippen molar-refractivity contribution >= 4 is 28.6 Å². The third-order valence-corrected chi connectivity index (χ3v) is 6.35. The first-order valence-electron chi connectivity index (χ1n) is 12.9. The molecular formula is C31H33N3O4. The summed E-state index contributed by atoms with van der Waals surface area (Å²) in [7, 11) is 0. The van der Waals surface area contributed by atoms with Crippen molar-refractivity contribution in [3.63, 3.8) is 0 Å². The standard InChI is InChI=1S/C31H33N3O4/c1-3-4-17-33(31(37)32-26-13-9-6-10-14-26)21-29(35)34(19-24-11-7-5-8-12-24)20-25-22-38-28-16-15-23(2)18-27(28)30(25)36/h5-16,18,22H,3-4,17,19-21H2,1-2H3,(H,32,37). The Kier molecular flexibility index (Phi) is 8.93. The zero-order chi connectivity index (χ0) is 26.9. The monoisotopic (exact) mass is 511 g/mol. The van der Waals surface area contributed by atoms with Crippen LogP contribution in [0.1, 0.15) is 36.5 Å². The molecule has 3 amide bonds. The van der Waals surface area contributed by atoms with Gasteiger partial charge in [0.15, 0.2) is 5.43 Å². The number of aryl methyl sites for hydroxylation is 1. The summed E-state index contributed by atoms with van der Waals surface area (Å²) in [4.78, 5) is 43.2. The van der Waals surface area contributed by atoms with Crippen LogP contribution in [0.4, 0.5) is 10.5 Å². The van der Waals surface area contributed by atoms with E-state index in [2.05, 4.69) is 5.32 Å². The summed E-state index contributed by atoms with van der Waals surface area (Å²) in [5.74, 6) is -0.253. The number of benzene rings is 3. The van der Waals surface area contributed by atoms with Crippen LogP contribution in [-0.2, 0) is 17.9 Å². The highest BCUT2D eigenvalue weighted by Gasteiger charge is 2.23. The lowest BCUT2D eigenvalue weighted by Gasteiger charge is -2.28. The molecule has 0 atom stereocenters. The normalized spacial score (nSPS) is 10.8. The molecule has 38 heavy (non-hydrogen) atoms. The second kappa shape index (κ2) is 12.7. The average Bonchev–Trinajstić information content (AvgIpc) is 2.93. The van der Waals surface area contributed by atoms with Crippen molar-refractivity contribution in [3.05, 3.63) is 112 Å². The summed E-state index contributed by atoms with van der Waals surface area (Å²) >= 11 is 0. The molecule has 0 unspecified atom stereocenters.